The third-order valence-corrected chi connectivity index (χ3v) is 2.75. The summed E-state index contributed by atoms with van der Waals surface area (Å²) in [5.41, 5.74) is 7.29. The van der Waals surface area contributed by atoms with Gasteiger partial charge in [-0.3, -0.25) is 14.3 Å². The molecule has 1 fully saturated rings. The molecule has 18 heavy (non-hydrogen) atoms. The number of aromatic nitrogens is 2. The summed E-state index contributed by atoms with van der Waals surface area (Å²) in [7, 11) is 0. The van der Waals surface area contributed by atoms with Gasteiger partial charge in [0.1, 0.15) is 6.23 Å². The Morgan fingerprint density at radius 1 is 1.67 bits per heavy atom. The molecule has 0 spiro atoms. The topological polar surface area (TPSA) is 133 Å². The molecule has 0 bridgehead atoms. The molecule has 1 aromatic heterocycles. The number of nitrogens with zero attached hydrogens (tertiary/aromatic N) is 4. The minimum Gasteiger partial charge on any atom is -0.394 e. The third-order valence-electron chi connectivity index (χ3n) is 2.75. The van der Waals surface area contributed by atoms with Crippen molar-refractivity contribution < 1.29 is 9.84 Å². The summed E-state index contributed by atoms with van der Waals surface area (Å²) >= 11 is 0. The zero-order chi connectivity index (χ0) is 13.1. The maximum Gasteiger partial charge on any atom is 0.330 e. The SMILES string of the molecule is [N-]=[N+]=N[C@@H]1C[C@H](n2ccc(=O)[nH]c2=O)O[C@H]1CO. The lowest BCUT2D eigenvalue weighted by atomic mass is 10.1. The summed E-state index contributed by atoms with van der Waals surface area (Å²) in [6.07, 6.45) is 0.256. The standard InChI is InChI=1S/C9H11N5O4/c10-13-12-5-3-8(18-6(5)4-15)14-2-1-7(16)11-9(14)17/h1-2,5-6,8,15H,3-4H2,(H,11,16,17)/t5-,6+,8-/m1/s1. The van der Waals surface area contributed by atoms with E-state index in [0.29, 0.717) is 0 Å². The molecule has 0 radical (unpaired) electrons. The van der Waals surface area contributed by atoms with Crippen molar-refractivity contribution in [3.63, 3.8) is 0 Å². The maximum atomic E-state index is 11.5. The molecule has 0 amide bonds. The Hall–Kier alpha value is -2.09. The summed E-state index contributed by atoms with van der Waals surface area (Å²) in [5.74, 6) is 0. The number of nitrogens with one attached hydrogen (secondary N) is 1. The van der Waals surface area contributed by atoms with E-state index >= 15 is 0 Å². The summed E-state index contributed by atoms with van der Waals surface area (Å²) in [5, 5.41) is 12.6. The molecule has 0 aliphatic carbocycles. The van der Waals surface area contributed by atoms with Crippen LogP contribution in [-0.2, 0) is 4.74 Å². The highest BCUT2D eigenvalue weighted by molar-refractivity contribution is 4.90. The predicted octanol–water partition coefficient (Wildman–Crippen LogP) is -0.505. The zero-order valence-corrected chi connectivity index (χ0v) is 9.26. The van der Waals surface area contributed by atoms with Crippen molar-refractivity contribution in [3.8, 4) is 0 Å². The molecule has 0 saturated carbocycles. The van der Waals surface area contributed by atoms with Gasteiger partial charge in [-0.05, 0) is 5.53 Å². The largest absolute Gasteiger partial charge is 0.394 e. The zero-order valence-electron chi connectivity index (χ0n) is 9.26. The Kier molecular flexibility index (Phi) is 3.47. The smallest absolute Gasteiger partial charge is 0.330 e. The molecule has 2 rings (SSSR count). The van der Waals surface area contributed by atoms with Gasteiger partial charge in [-0.2, -0.15) is 0 Å². The number of H-pyrrole nitrogens is 1. The molecule has 96 valence electrons. The number of rotatable bonds is 3. The van der Waals surface area contributed by atoms with Gasteiger partial charge in [-0.15, -0.1) is 0 Å². The lowest BCUT2D eigenvalue weighted by molar-refractivity contribution is -0.0270. The van der Waals surface area contributed by atoms with Crippen molar-refractivity contribution in [3.05, 3.63) is 43.5 Å². The van der Waals surface area contributed by atoms with Gasteiger partial charge in [0.2, 0.25) is 0 Å². The van der Waals surface area contributed by atoms with Crippen molar-refractivity contribution in [1.82, 2.24) is 9.55 Å². The van der Waals surface area contributed by atoms with Crippen LogP contribution in [0.15, 0.2) is 27.0 Å². The van der Waals surface area contributed by atoms with Crippen LogP contribution in [0.3, 0.4) is 0 Å². The highest BCUT2D eigenvalue weighted by Gasteiger charge is 2.35. The van der Waals surface area contributed by atoms with Gasteiger partial charge in [0.15, 0.2) is 0 Å². The Labute approximate surface area is 100 Å². The van der Waals surface area contributed by atoms with E-state index in [1.807, 2.05) is 0 Å². The minimum absolute atomic E-state index is 0.265. The number of aliphatic hydroxyl groups is 1. The van der Waals surface area contributed by atoms with Gasteiger partial charge in [-0.25, -0.2) is 4.79 Å². The average Bonchev–Trinajstić information content (AvgIpc) is 2.72. The first kappa shape index (κ1) is 12.4. The van der Waals surface area contributed by atoms with Crippen molar-refractivity contribution in [2.45, 2.75) is 24.8 Å². The molecule has 2 heterocycles. The monoisotopic (exact) mass is 253 g/mol. The lowest BCUT2D eigenvalue weighted by Gasteiger charge is -2.13. The summed E-state index contributed by atoms with van der Waals surface area (Å²) in [6.45, 7) is -0.307. The second-order valence-corrected chi connectivity index (χ2v) is 3.84. The molecule has 0 aromatic carbocycles. The van der Waals surface area contributed by atoms with E-state index in [0.717, 1.165) is 0 Å². The second-order valence-electron chi connectivity index (χ2n) is 3.84. The van der Waals surface area contributed by atoms with Crippen LogP contribution in [0.5, 0.6) is 0 Å². The van der Waals surface area contributed by atoms with Crippen LogP contribution in [0.1, 0.15) is 12.6 Å². The van der Waals surface area contributed by atoms with E-state index in [2.05, 4.69) is 15.0 Å². The molecule has 1 aliphatic rings. The van der Waals surface area contributed by atoms with Crippen LogP contribution in [0.25, 0.3) is 10.4 Å². The Morgan fingerprint density at radius 2 is 2.44 bits per heavy atom. The van der Waals surface area contributed by atoms with E-state index in [1.54, 1.807) is 0 Å². The van der Waals surface area contributed by atoms with Crippen LogP contribution < -0.4 is 11.2 Å². The van der Waals surface area contributed by atoms with Crippen LogP contribution in [0.4, 0.5) is 0 Å². The van der Waals surface area contributed by atoms with Crippen molar-refractivity contribution in [2.75, 3.05) is 6.61 Å². The second kappa shape index (κ2) is 5.05. The molecule has 0 unspecified atom stereocenters. The molecule has 3 atom stereocenters. The number of ether oxygens (including phenoxy) is 1. The van der Waals surface area contributed by atoms with E-state index in [9.17, 15) is 9.59 Å². The Bertz CT molecular complexity index is 587. The molecule has 2 N–H and O–H groups in total. The van der Waals surface area contributed by atoms with Crippen LogP contribution in [0.2, 0.25) is 0 Å². The highest BCUT2D eigenvalue weighted by Crippen LogP contribution is 2.29. The molecular formula is C9H11N5O4. The highest BCUT2D eigenvalue weighted by atomic mass is 16.5. The minimum atomic E-state index is -0.665. The van der Waals surface area contributed by atoms with Gasteiger partial charge in [-0.1, -0.05) is 5.11 Å². The maximum absolute atomic E-state index is 11.5. The van der Waals surface area contributed by atoms with Gasteiger partial charge in [0.25, 0.3) is 5.56 Å². The van der Waals surface area contributed by atoms with Crippen molar-refractivity contribution in [1.29, 1.82) is 0 Å². The van der Waals surface area contributed by atoms with Crippen LogP contribution >= 0.6 is 0 Å². The molecule has 9 nitrogen and oxygen atoms in total. The van der Waals surface area contributed by atoms with E-state index in [-0.39, 0.29) is 13.0 Å². The van der Waals surface area contributed by atoms with Crippen LogP contribution in [0, 0.1) is 0 Å². The Morgan fingerprint density at radius 3 is 3.06 bits per heavy atom. The van der Waals surface area contributed by atoms with E-state index < -0.39 is 29.6 Å². The van der Waals surface area contributed by atoms with Gasteiger partial charge in [0, 0.05) is 23.6 Å². The van der Waals surface area contributed by atoms with Crippen molar-refractivity contribution in [2.24, 2.45) is 5.11 Å². The molecule has 1 aliphatic heterocycles. The fourth-order valence-corrected chi connectivity index (χ4v) is 1.89. The summed E-state index contributed by atoms with van der Waals surface area (Å²) in [6, 6.07) is 0.656. The van der Waals surface area contributed by atoms with Gasteiger partial charge < -0.3 is 9.84 Å². The fraction of sp³-hybridized carbons (Fsp3) is 0.556. The first-order valence-corrected chi connectivity index (χ1v) is 5.27. The summed E-state index contributed by atoms with van der Waals surface area (Å²) < 4.78 is 6.60. The molecule has 9 heteroatoms. The molecular weight excluding hydrogens is 242 g/mol. The lowest BCUT2D eigenvalue weighted by Crippen LogP contribution is -2.31. The number of hydrogen-bond acceptors (Lipinski definition) is 5. The number of aromatic amines is 1. The van der Waals surface area contributed by atoms with E-state index in [1.165, 1.54) is 16.8 Å². The third kappa shape index (κ3) is 2.28. The molecule has 1 aromatic rings. The quantitative estimate of drug-likeness (QED) is 0.426. The van der Waals surface area contributed by atoms with Gasteiger partial charge in [0.05, 0.1) is 18.8 Å². The Balaban J connectivity index is 2.28. The number of aliphatic hydroxyl groups excluding tert-OH is 1. The number of azide groups is 1. The normalized spacial score (nSPS) is 26.8. The first-order valence-electron chi connectivity index (χ1n) is 5.27. The van der Waals surface area contributed by atoms with Crippen molar-refractivity contribution >= 4 is 0 Å². The first-order chi connectivity index (χ1) is 8.65. The van der Waals surface area contributed by atoms with E-state index in [4.69, 9.17) is 15.4 Å². The van der Waals surface area contributed by atoms with Gasteiger partial charge >= 0.3 is 5.69 Å². The average molecular weight is 253 g/mol. The number of hydrogen-bond donors (Lipinski definition) is 2. The molecule has 1 saturated heterocycles. The predicted molar refractivity (Wildman–Crippen MR) is 59.9 cm³/mol. The summed E-state index contributed by atoms with van der Waals surface area (Å²) in [4.78, 5) is 27.2. The fourth-order valence-electron chi connectivity index (χ4n) is 1.89. The van der Waals surface area contributed by atoms with Crippen LogP contribution in [-0.4, -0.2) is 33.4 Å².